The number of carboxylic acids is 1. The Morgan fingerprint density at radius 1 is 0.911 bits per heavy atom. The molecule has 232 valence electrons. The summed E-state index contributed by atoms with van der Waals surface area (Å²) >= 11 is 0. The molecular formula is C37H38N2O6. The van der Waals surface area contributed by atoms with Gasteiger partial charge in [-0.05, 0) is 102 Å². The van der Waals surface area contributed by atoms with E-state index < -0.39 is 12.1 Å². The third-order valence-electron chi connectivity index (χ3n) is 8.12. The minimum Gasteiger partial charge on any atom is -0.493 e. The fourth-order valence-electron chi connectivity index (χ4n) is 5.59. The molecule has 4 aromatic rings. The standard InChI is InChI=1S/C37H38N2O6/c1-25-9-3-17-34(26(25)2)44-20-8-18-35(40)39-19-7-15-32-31(14-6-16-33(32)39)29-12-4-10-27(21-29)23-38-37(43)45-24-28-11-5-13-30(22-28)36(41)42/h3-6,9-14,16-17,21-22H,7-8,15,18-20,23-24H2,1-2H3,(H,38,43)(H,41,42). The molecule has 0 bridgehead atoms. The Kier molecular flexibility index (Phi) is 10.1. The van der Waals surface area contributed by atoms with E-state index in [1.165, 1.54) is 17.7 Å². The van der Waals surface area contributed by atoms with Gasteiger partial charge in [0.1, 0.15) is 12.4 Å². The van der Waals surface area contributed by atoms with E-state index in [0.717, 1.165) is 52.1 Å². The van der Waals surface area contributed by atoms with Gasteiger partial charge in [-0.25, -0.2) is 9.59 Å². The monoisotopic (exact) mass is 606 g/mol. The molecular weight excluding hydrogens is 568 g/mol. The number of carbonyl (C=O) groups excluding carboxylic acids is 2. The Morgan fingerprint density at radius 3 is 2.53 bits per heavy atom. The number of ether oxygens (including phenoxy) is 2. The SMILES string of the molecule is Cc1cccc(OCCCC(=O)N2CCCc3c(-c4cccc(CNC(=O)OCc5cccc(C(=O)O)c5)c4)cccc32)c1C. The zero-order chi connectivity index (χ0) is 31.8. The van der Waals surface area contributed by atoms with Crippen LogP contribution in [-0.4, -0.2) is 36.2 Å². The Balaban J connectivity index is 1.18. The first kappa shape index (κ1) is 31.3. The molecule has 0 unspecified atom stereocenters. The van der Waals surface area contributed by atoms with E-state index in [2.05, 4.69) is 24.4 Å². The number of nitrogens with one attached hydrogen (secondary N) is 1. The first-order valence-corrected chi connectivity index (χ1v) is 15.2. The number of carbonyl (C=O) groups is 3. The van der Waals surface area contributed by atoms with E-state index in [4.69, 9.17) is 14.6 Å². The average Bonchev–Trinajstić information content (AvgIpc) is 3.06. The molecule has 5 rings (SSSR count). The molecule has 45 heavy (non-hydrogen) atoms. The van der Waals surface area contributed by atoms with Gasteiger partial charge in [-0.3, -0.25) is 4.79 Å². The maximum atomic E-state index is 13.3. The summed E-state index contributed by atoms with van der Waals surface area (Å²) in [5.74, 6) is -0.0632. The highest BCUT2D eigenvalue weighted by atomic mass is 16.5. The average molecular weight is 607 g/mol. The number of hydrogen-bond acceptors (Lipinski definition) is 5. The van der Waals surface area contributed by atoms with Gasteiger partial charge in [0.15, 0.2) is 0 Å². The highest BCUT2D eigenvalue weighted by molar-refractivity contribution is 5.96. The molecule has 8 heteroatoms. The molecule has 0 radical (unpaired) electrons. The number of nitrogens with zero attached hydrogens (tertiary/aromatic N) is 1. The summed E-state index contributed by atoms with van der Waals surface area (Å²) in [6.07, 6.45) is 2.23. The van der Waals surface area contributed by atoms with Crippen molar-refractivity contribution in [3.63, 3.8) is 0 Å². The van der Waals surface area contributed by atoms with E-state index in [1.54, 1.807) is 12.1 Å². The van der Waals surface area contributed by atoms with Crippen molar-refractivity contribution < 1.29 is 29.0 Å². The lowest BCUT2D eigenvalue weighted by Gasteiger charge is -2.31. The highest BCUT2D eigenvalue weighted by Crippen LogP contribution is 2.36. The maximum absolute atomic E-state index is 13.3. The third kappa shape index (κ3) is 7.89. The van der Waals surface area contributed by atoms with Crippen molar-refractivity contribution in [2.45, 2.75) is 52.7 Å². The number of rotatable bonds is 11. The van der Waals surface area contributed by atoms with Crippen LogP contribution >= 0.6 is 0 Å². The minimum atomic E-state index is -1.03. The number of anilines is 1. The number of amides is 2. The van der Waals surface area contributed by atoms with Crippen LogP contribution in [0.5, 0.6) is 5.75 Å². The summed E-state index contributed by atoms with van der Waals surface area (Å²) in [4.78, 5) is 38.8. The molecule has 4 aromatic carbocycles. The number of aryl methyl sites for hydroxylation is 1. The molecule has 2 amide bonds. The van der Waals surface area contributed by atoms with Crippen molar-refractivity contribution in [2.75, 3.05) is 18.1 Å². The summed E-state index contributed by atoms with van der Waals surface area (Å²) < 4.78 is 11.3. The fourth-order valence-corrected chi connectivity index (χ4v) is 5.59. The van der Waals surface area contributed by atoms with Gasteiger partial charge in [0, 0.05) is 25.2 Å². The third-order valence-corrected chi connectivity index (χ3v) is 8.12. The fraction of sp³-hybridized carbons (Fsp3) is 0.270. The Hall–Kier alpha value is -5.11. The van der Waals surface area contributed by atoms with Crippen LogP contribution in [-0.2, 0) is 29.1 Å². The van der Waals surface area contributed by atoms with Gasteiger partial charge in [-0.1, -0.05) is 54.6 Å². The molecule has 0 aromatic heterocycles. The Morgan fingerprint density at radius 2 is 1.69 bits per heavy atom. The summed E-state index contributed by atoms with van der Waals surface area (Å²) in [5.41, 5.74) is 8.15. The zero-order valence-electron chi connectivity index (χ0n) is 25.7. The molecule has 2 N–H and O–H groups in total. The maximum Gasteiger partial charge on any atom is 0.407 e. The second kappa shape index (κ2) is 14.6. The number of carboxylic acid groups (broad SMARTS) is 1. The zero-order valence-corrected chi connectivity index (χ0v) is 25.7. The summed E-state index contributed by atoms with van der Waals surface area (Å²) in [6, 6.07) is 26.4. The first-order chi connectivity index (χ1) is 21.8. The Bertz CT molecular complexity index is 1700. The molecule has 0 saturated carbocycles. The van der Waals surface area contributed by atoms with Gasteiger partial charge >= 0.3 is 12.1 Å². The highest BCUT2D eigenvalue weighted by Gasteiger charge is 2.24. The lowest BCUT2D eigenvalue weighted by atomic mass is 9.91. The van der Waals surface area contributed by atoms with Crippen LogP contribution in [0.4, 0.5) is 10.5 Å². The van der Waals surface area contributed by atoms with E-state index in [-0.39, 0.29) is 24.6 Å². The van der Waals surface area contributed by atoms with E-state index >= 15 is 0 Å². The number of hydrogen-bond donors (Lipinski definition) is 2. The molecule has 0 fully saturated rings. The molecule has 1 aliphatic rings. The van der Waals surface area contributed by atoms with Gasteiger partial charge in [0.2, 0.25) is 5.91 Å². The number of benzene rings is 4. The summed E-state index contributed by atoms with van der Waals surface area (Å²) in [7, 11) is 0. The van der Waals surface area contributed by atoms with Crippen molar-refractivity contribution in [1.82, 2.24) is 5.32 Å². The predicted octanol–water partition coefficient (Wildman–Crippen LogP) is 7.23. The Labute approximate surface area is 263 Å². The molecule has 1 aliphatic heterocycles. The van der Waals surface area contributed by atoms with Gasteiger partial charge in [-0.2, -0.15) is 0 Å². The van der Waals surface area contributed by atoms with Crippen LogP contribution in [0.3, 0.4) is 0 Å². The van der Waals surface area contributed by atoms with Crippen LogP contribution < -0.4 is 15.0 Å². The van der Waals surface area contributed by atoms with Gasteiger partial charge in [0.05, 0.1) is 12.2 Å². The quantitative estimate of drug-likeness (QED) is 0.175. The summed E-state index contributed by atoms with van der Waals surface area (Å²) in [6.45, 7) is 5.53. The van der Waals surface area contributed by atoms with Crippen molar-refractivity contribution in [3.8, 4) is 16.9 Å². The summed E-state index contributed by atoms with van der Waals surface area (Å²) in [5, 5.41) is 11.9. The largest absolute Gasteiger partial charge is 0.493 e. The van der Waals surface area contributed by atoms with Crippen LogP contribution in [0.1, 0.15) is 57.4 Å². The topological polar surface area (TPSA) is 105 Å². The molecule has 8 nitrogen and oxygen atoms in total. The normalized spacial score (nSPS) is 12.3. The van der Waals surface area contributed by atoms with E-state index in [1.807, 2.05) is 60.4 Å². The van der Waals surface area contributed by atoms with Gasteiger partial charge in [0.25, 0.3) is 0 Å². The molecule has 0 saturated heterocycles. The van der Waals surface area contributed by atoms with Crippen molar-refractivity contribution >= 4 is 23.7 Å². The van der Waals surface area contributed by atoms with Crippen LogP contribution in [0.25, 0.3) is 11.1 Å². The van der Waals surface area contributed by atoms with Crippen LogP contribution in [0.15, 0.2) is 84.9 Å². The minimum absolute atomic E-state index is 0.0300. The number of alkyl carbamates (subject to hydrolysis) is 1. The second-order valence-electron chi connectivity index (χ2n) is 11.2. The lowest BCUT2D eigenvalue weighted by molar-refractivity contribution is -0.118. The number of fused-ring (bicyclic) bond motifs is 1. The molecule has 0 atom stereocenters. The molecule has 0 aliphatic carbocycles. The van der Waals surface area contributed by atoms with Gasteiger partial charge in [-0.15, -0.1) is 0 Å². The smallest absolute Gasteiger partial charge is 0.407 e. The second-order valence-corrected chi connectivity index (χ2v) is 11.2. The van der Waals surface area contributed by atoms with Crippen LogP contribution in [0.2, 0.25) is 0 Å². The van der Waals surface area contributed by atoms with Crippen molar-refractivity contribution in [2.24, 2.45) is 0 Å². The first-order valence-electron chi connectivity index (χ1n) is 15.2. The van der Waals surface area contributed by atoms with E-state index in [9.17, 15) is 14.4 Å². The van der Waals surface area contributed by atoms with Crippen molar-refractivity contribution in [3.05, 3.63) is 118 Å². The van der Waals surface area contributed by atoms with Gasteiger partial charge < -0.3 is 24.8 Å². The molecule has 1 heterocycles. The predicted molar refractivity (Wildman–Crippen MR) is 174 cm³/mol. The van der Waals surface area contributed by atoms with Crippen molar-refractivity contribution in [1.29, 1.82) is 0 Å². The number of aromatic carboxylic acids is 1. The lowest BCUT2D eigenvalue weighted by Crippen LogP contribution is -2.35. The van der Waals surface area contributed by atoms with E-state index in [0.29, 0.717) is 31.6 Å². The molecule has 0 spiro atoms. The van der Waals surface area contributed by atoms with Crippen LogP contribution in [0, 0.1) is 13.8 Å².